The molecule has 1 atom stereocenters. The first kappa shape index (κ1) is 15.4. The molecule has 0 saturated heterocycles. The number of halogens is 3. The van der Waals surface area contributed by atoms with Crippen LogP contribution in [0.2, 0.25) is 0 Å². The van der Waals surface area contributed by atoms with E-state index in [1.54, 1.807) is 6.92 Å². The van der Waals surface area contributed by atoms with Crippen LogP contribution in [-0.4, -0.2) is 15.7 Å². The van der Waals surface area contributed by atoms with Gasteiger partial charge >= 0.3 is 0 Å². The highest BCUT2D eigenvalue weighted by Crippen LogP contribution is 2.25. The summed E-state index contributed by atoms with van der Waals surface area (Å²) in [6.45, 7) is 1.68. The number of pyridine rings is 1. The lowest BCUT2D eigenvalue weighted by atomic mass is 10.3. The molecule has 0 fully saturated rings. The van der Waals surface area contributed by atoms with Crippen molar-refractivity contribution >= 4 is 27.7 Å². The van der Waals surface area contributed by atoms with E-state index in [-0.39, 0.29) is 22.2 Å². The molecule has 0 radical (unpaired) electrons. The number of nitrogens with one attached hydrogen (secondary N) is 1. The van der Waals surface area contributed by atoms with Gasteiger partial charge in [-0.2, -0.15) is 0 Å². The number of ether oxygens (including phenoxy) is 1. The van der Waals surface area contributed by atoms with Crippen LogP contribution in [0, 0.1) is 11.6 Å². The lowest BCUT2D eigenvalue weighted by Crippen LogP contribution is -2.20. The lowest BCUT2D eigenvalue weighted by Gasteiger charge is -2.08. The van der Waals surface area contributed by atoms with Crippen molar-refractivity contribution in [2.75, 3.05) is 5.32 Å². The fourth-order valence-corrected chi connectivity index (χ4v) is 1.54. The molecule has 1 unspecified atom stereocenters. The molecular weight excluding hydrogens is 346 g/mol. The number of anilines is 1. The zero-order valence-electron chi connectivity index (χ0n) is 10.9. The van der Waals surface area contributed by atoms with Gasteiger partial charge in [0.2, 0.25) is 5.91 Å². The van der Waals surface area contributed by atoms with Crippen molar-refractivity contribution in [1.29, 1.82) is 0 Å². The second-order valence-electron chi connectivity index (χ2n) is 4.16. The summed E-state index contributed by atoms with van der Waals surface area (Å²) in [6.07, 6.45) is 1.33. The van der Waals surface area contributed by atoms with E-state index in [0.717, 1.165) is 12.1 Å². The van der Waals surface area contributed by atoms with Crippen molar-refractivity contribution < 1.29 is 18.3 Å². The molecule has 0 aliphatic heterocycles. The molecule has 110 valence electrons. The van der Waals surface area contributed by atoms with Crippen LogP contribution in [0.15, 0.2) is 36.5 Å². The SMILES string of the molecule is CC(Br)C(=O)Nc1ccc(Oc2ccc(F)cc2F)cn1. The highest BCUT2D eigenvalue weighted by Gasteiger charge is 2.10. The average Bonchev–Trinajstić information content (AvgIpc) is 2.43. The molecule has 2 rings (SSSR count). The predicted molar refractivity (Wildman–Crippen MR) is 77.7 cm³/mol. The van der Waals surface area contributed by atoms with Crippen LogP contribution >= 0.6 is 15.9 Å². The maximum absolute atomic E-state index is 13.4. The molecule has 2 aromatic rings. The number of carbonyl (C=O) groups is 1. The lowest BCUT2D eigenvalue weighted by molar-refractivity contribution is -0.115. The van der Waals surface area contributed by atoms with Crippen molar-refractivity contribution in [2.45, 2.75) is 11.8 Å². The van der Waals surface area contributed by atoms with E-state index in [4.69, 9.17) is 4.74 Å². The number of rotatable bonds is 4. The number of alkyl halides is 1. The van der Waals surface area contributed by atoms with E-state index >= 15 is 0 Å². The third-order valence-corrected chi connectivity index (χ3v) is 2.89. The number of amides is 1. The summed E-state index contributed by atoms with van der Waals surface area (Å²) in [5.74, 6) is -1.21. The van der Waals surface area contributed by atoms with Crippen LogP contribution in [0.4, 0.5) is 14.6 Å². The van der Waals surface area contributed by atoms with Gasteiger partial charge in [-0.25, -0.2) is 13.8 Å². The molecule has 0 aliphatic carbocycles. The second-order valence-corrected chi connectivity index (χ2v) is 5.53. The summed E-state index contributed by atoms with van der Waals surface area (Å²) in [7, 11) is 0. The van der Waals surface area contributed by atoms with Gasteiger partial charge in [0, 0.05) is 6.07 Å². The molecule has 1 aromatic heterocycles. The zero-order chi connectivity index (χ0) is 15.4. The van der Waals surface area contributed by atoms with Gasteiger partial charge in [-0.1, -0.05) is 15.9 Å². The van der Waals surface area contributed by atoms with Crippen LogP contribution in [0.1, 0.15) is 6.92 Å². The highest BCUT2D eigenvalue weighted by atomic mass is 79.9. The molecule has 7 heteroatoms. The number of carbonyl (C=O) groups excluding carboxylic acids is 1. The fraction of sp³-hybridized carbons (Fsp3) is 0.143. The smallest absolute Gasteiger partial charge is 0.239 e. The Morgan fingerprint density at radius 1 is 1.33 bits per heavy atom. The van der Waals surface area contributed by atoms with E-state index in [1.807, 2.05) is 0 Å². The summed E-state index contributed by atoms with van der Waals surface area (Å²) in [6, 6.07) is 6.05. The number of hydrogen-bond donors (Lipinski definition) is 1. The van der Waals surface area contributed by atoms with E-state index in [9.17, 15) is 13.6 Å². The van der Waals surface area contributed by atoms with E-state index in [0.29, 0.717) is 5.82 Å². The second kappa shape index (κ2) is 6.62. The van der Waals surface area contributed by atoms with Crippen LogP contribution in [0.25, 0.3) is 0 Å². The Bertz CT molecular complexity index is 648. The number of nitrogens with zero attached hydrogens (tertiary/aromatic N) is 1. The standard InChI is InChI=1S/C14H11BrF2N2O2/c1-8(15)14(20)19-13-5-3-10(7-18-13)21-12-4-2-9(16)6-11(12)17/h2-8H,1H3,(H,18,19,20). The van der Waals surface area contributed by atoms with Crippen LogP contribution < -0.4 is 10.1 Å². The molecule has 0 saturated carbocycles. The molecule has 0 bridgehead atoms. The van der Waals surface area contributed by atoms with E-state index in [1.165, 1.54) is 24.4 Å². The van der Waals surface area contributed by atoms with Gasteiger partial charge in [0.25, 0.3) is 0 Å². The summed E-state index contributed by atoms with van der Waals surface area (Å²) in [5.41, 5.74) is 0. The first-order valence-corrected chi connectivity index (χ1v) is 6.91. The summed E-state index contributed by atoms with van der Waals surface area (Å²) in [5, 5.41) is 2.58. The average molecular weight is 357 g/mol. The number of aromatic nitrogens is 1. The van der Waals surface area contributed by atoms with Crippen molar-refractivity contribution in [1.82, 2.24) is 4.98 Å². The van der Waals surface area contributed by atoms with Gasteiger partial charge in [0.05, 0.1) is 11.0 Å². The molecular formula is C14H11BrF2N2O2. The largest absolute Gasteiger partial charge is 0.453 e. The Hall–Kier alpha value is -2.02. The van der Waals surface area contributed by atoms with Gasteiger partial charge in [0.15, 0.2) is 11.6 Å². The normalized spacial score (nSPS) is 11.8. The van der Waals surface area contributed by atoms with Crippen LogP contribution in [0.3, 0.4) is 0 Å². The Balaban J connectivity index is 2.07. The number of hydrogen-bond acceptors (Lipinski definition) is 3. The van der Waals surface area contributed by atoms with Gasteiger partial charge in [-0.05, 0) is 31.2 Å². The van der Waals surface area contributed by atoms with Crippen molar-refractivity contribution in [2.24, 2.45) is 0 Å². The van der Waals surface area contributed by atoms with E-state index < -0.39 is 11.6 Å². The fourth-order valence-electron chi connectivity index (χ4n) is 1.43. The van der Waals surface area contributed by atoms with Crippen molar-refractivity contribution in [3.8, 4) is 11.5 Å². The first-order chi connectivity index (χ1) is 9.95. The summed E-state index contributed by atoms with van der Waals surface area (Å²) in [4.78, 5) is 15.1. The summed E-state index contributed by atoms with van der Waals surface area (Å²) < 4.78 is 31.4. The Labute approximate surface area is 128 Å². The monoisotopic (exact) mass is 356 g/mol. The van der Waals surface area contributed by atoms with Gasteiger partial charge in [-0.3, -0.25) is 4.79 Å². The quantitative estimate of drug-likeness (QED) is 0.846. The third-order valence-electron chi connectivity index (χ3n) is 2.47. The molecule has 1 aromatic carbocycles. The summed E-state index contributed by atoms with van der Waals surface area (Å²) >= 11 is 3.13. The molecule has 1 N–H and O–H groups in total. The zero-order valence-corrected chi connectivity index (χ0v) is 12.5. The maximum atomic E-state index is 13.4. The van der Waals surface area contributed by atoms with Crippen molar-refractivity contribution in [3.05, 3.63) is 48.2 Å². The molecule has 1 amide bonds. The maximum Gasteiger partial charge on any atom is 0.239 e. The third kappa shape index (κ3) is 4.22. The van der Waals surface area contributed by atoms with Gasteiger partial charge in [0.1, 0.15) is 17.4 Å². The predicted octanol–water partition coefficient (Wildman–Crippen LogP) is 3.87. The Morgan fingerprint density at radius 3 is 2.67 bits per heavy atom. The topological polar surface area (TPSA) is 51.2 Å². The Kier molecular flexibility index (Phi) is 4.85. The Morgan fingerprint density at radius 2 is 2.10 bits per heavy atom. The highest BCUT2D eigenvalue weighted by molar-refractivity contribution is 9.10. The van der Waals surface area contributed by atoms with Crippen molar-refractivity contribution in [3.63, 3.8) is 0 Å². The molecule has 21 heavy (non-hydrogen) atoms. The van der Waals surface area contributed by atoms with Crippen LogP contribution in [0.5, 0.6) is 11.5 Å². The minimum atomic E-state index is -0.805. The van der Waals surface area contributed by atoms with Crippen LogP contribution in [-0.2, 0) is 4.79 Å². The molecule has 4 nitrogen and oxygen atoms in total. The first-order valence-electron chi connectivity index (χ1n) is 5.99. The number of benzene rings is 1. The minimum Gasteiger partial charge on any atom is -0.453 e. The molecule has 0 aliphatic rings. The molecule has 1 heterocycles. The molecule has 0 spiro atoms. The van der Waals surface area contributed by atoms with Gasteiger partial charge in [-0.15, -0.1) is 0 Å². The van der Waals surface area contributed by atoms with Gasteiger partial charge < -0.3 is 10.1 Å². The van der Waals surface area contributed by atoms with E-state index in [2.05, 4.69) is 26.2 Å². The minimum absolute atomic E-state index is 0.107.